The summed E-state index contributed by atoms with van der Waals surface area (Å²) in [5, 5.41) is 1.75. The van der Waals surface area contributed by atoms with Crippen LogP contribution in [0.15, 0.2) is 24.5 Å². The van der Waals surface area contributed by atoms with E-state index in [1.165, 1.54) is 23.7 Å². The Bertz CT molecular complexity index is 882. The number of hydrogen-bond donors (Lipinski definition) is 0. The van der Waals surface area contributed by atoms with Gasteiger partial charge in [-0.3, -0.25) is 0 Å². The normalized spacial score (nSPS) is 15.6. The van der Waals surface area contributed by atoms with E-state index in [-0.39, 0.29) is 5.82 Å². The van der Waals surface area contributed by atoms with Crippen molar-refractivity contribution in [2.75, 3.05) is 36.0 Å². The largest absolute Gasteiger partial charge is 0.354 e. The van der Waals surface area contributed by atoms with Gasteiger partial charge in [-0.05, 0) is 24.6 Å². The highest BCUT2D eigenvalue weighted by atomic mass is 32.1. The van der Waals surface area contributed by atoms with Crippen LogP contribution in [0.1, 0.15) is 19.2 Å². The molecule has 25 heavy (non-hydrogen) atoms. The average Bonchev–Trinajstić information content (AvgIpc) is 2.98. The van der Waals surface area contributed by atoms with Crippen molar-refractivity contribution in [3.8, 4) is 0 Å². The third-order valence-electron chi connectivity index (χ3n) is 4.42. The fraction of sp³-hybridized carbons (Fsp3) is 0.412. The van der Waals surface area contributed by atoms with Crippen LogP contribution in [0.3, 0.4) is 0 Å². The van der Waals surface area contributed by atoms with Crippen molar-refractivity contribution < 1.29 is 4.39 Å². The van der Waals surface area contributed by atoms with Gasteiger partial charge in [-0.15, -0.1) is 0 Å². The zero-order chi connectivity index (χ0) is 17.2. The molecular formula is C17H19FN6S. The second-order valence-corrected chi connectivity index (χ2v) is 6.76. The molecule has 0 N–H and O–H groups in total. The summed E-state index contributed by atoms with van der Waals surface area (Å²) in [6, 6.07) is 4.66. The average molecular weight is 358 g/mol. The predicted octanol–water partition coefficient (Wildman–Crippen LogP) is 2.90. The molecule has 0 amide bonds. The summed E-state index contributed by atoms with van der Waals surface area (Å²) < 4.78 is 18.1. The van der Waals surface area contributed by atoms with Gasteiger partial charge < -0.3 is 9.80 Å². The van der Waals surface area contributed by atoms with Gasteiger partial charge in [0.2, 0.25) is 5.13 Å². The lowest BCUT2D eigenvalue weighted by Gasteiger charge is -2.23. The molecule has 6 nitrogen and oxygen atoms in total. The van der Waals surface area contributed by atoms with Crippen molar-refractivity contribution in [3.63, 3.8) is 0 Å². The number of fused-ring (bicyclic) bond motifs is 1. The van der Waals surface area contributed by atoms with Crippen LogP contribution in [-0.2, 0) is 6.42 Å². The van der Waals surface area contributed by atoms with Gasteiger partial charge in [0.25, 0.3) is 0 Å². The quantitative estimate of drug-likeness (QED) is 0.718. The highest BCUT2D eigenvalue weighted by molar-refractivity contribution is 7.09. The van der Waals surface area contributed by atoms with Crippen LogP contribution in [0.4, 0.5) is 15.3 Å². The molecule has 1 saturated heterocycles. The molecule has 1 aliphatic rings. The molecule has 8 heteroatoms. The molecule has 130 valence electrons. The molecule has 1 aliphatic heterocycles. The van der Waals surface area contributed by atoms with Crippen LogP contribution in [0.2, 0.25) is 0 Å². The highest BCUT2D eigenvalue weighted by Gasteiger charge is 2.20. The predicted molar refractivity (Wildman–Crippen MR) is 97.8 cm³/mol. The minimum atomic E-state index is -0.263. The van der Waals surface area contributed by atoms with Crippen molar-refractivity contribution in [2.24, 2.45) is 0 Å². The monoisotopic (exact) mass is 358 g/mol. The standard InChI is InChI=1S/C17H19FN6S/c1-2-15-21-17(25-22-15)24-7-3-6-23(8-9-24)16-13-10-12(18)4-5-14(13)19-11-20-16/h4-5,10-11H,2-3,6-9H2,1H3. The molecule has 0 aliphatic carbocycles. The van der Waals surface area contributed by atoms with Gasteiger partial charge in [0.05, 0.1) is 5.52 Å². The molecule has 0 atom stereocenters. The van der Waals surface area contributed by atoms with E-state index in [9.17, 15) is 4.39 Å². The summed E-state index contributed by atoms with van der Waals surface area (Å²) in [6.07, 6.45) is 3.40. The molecular weight excluding hydrogens is 339 g/mol. The van der Waals surface area contributed by atoms with Crippen LogP contribution < -0.4 is 9.80 Å². The number of aromatic nitrogens is 4. The minimum Gasteiger partial charge on any atom is -0.354 e. The molecule has 3 aromatic rings. The zero-order valence-electron chi connectivity index (χ0n) is 14.0. The molecule has 1 fully saturated rings. The Morgan fingerprint density at radius 1 is 1.12 bits per heavy atom. The van der Waals surface area contributed by atoms with Gasteiger partial charge >= 0.3 is 0 Å². The molecule has 0 spiro atoms. The molecule has 0 radical (unpaired) electrons. The lowest BCUT2D eigenvalue weighted by molar-refractivity contribution is 0.629. The Labute approximate surface area is 149 Å². The van der Waals surface area contributed by atoms with Crippen LogP contribution >= 0.6 is 11.5 Å². The van der Waals surface area contributed by atoms with E-state index in [1.54, 1.807) is 12.4 Å². The number of anilines is 2. The Kier molecular flexibility index (Phi) is 4.44. The smallest absolute Gasteiger partial charge is 0.205 e. The first-order valence-electron chi connectivity index (χ1n) is 8.47. The van der Waals surface area contributed by atoms with Crippen molar-refractivity contribution in [1.82, 2.24) is 19.3 Å². The van der Waals surface area contributed by atoms with Crippen LogP contribution in [0.25, 0.3) is 10.9 Å². The third kappa shape index (κ3) is 3.26. The molecule has 2 aromatic heterocycles. The minimum absolute atomic E-state index is 0.263. The summed E-state index contributed by atoms with van der Waals surface area (Å²) in [6.45, 7) is 5.53. The third-order valence-corrected chi connectivity index (χ3v) is 5.23. The van der Waals surface area contributed by atoms with E-state index in [0.717, 1.165) is 66.7 Å². The molecule has 3 heterocycles. The lowest BCUT2D eigenvalue weighted by Crippen LogP contribution is -2.31. The summed E-state index contributed by atoms with van der Waals surface area (Å²) in [5.74, 6) is 1.44. The van der Waals surface area contributed by atoms with Gasteiger partial charge in [0.1, 0.15) is 23.8 Å². The number of benzene rings is 1. The number of halogens is 1. The second-order valence-electron chi connectivity index (χ2n) is 6.03. The summed E-state index contributed by atoms with van der Waals surface area (Å²) >= 11 is 1.46. The van der Waals surface area contributed by atoms with E-state index in [1.807, 2.05) is 0 Å². The van der Waals surface area contributed by atoms with Gasteiger partial charge in [-0.25, -0.2) is 19.3 Å². The molecule has 0 saturated carbocycles. The Morgan fingerprint density at radius 2 is 1.96 bits per heavy atom. The Balaban J connectivity index is 1.58. The second kappa shape index (κ2) is 6.87. The van der Waals surface area contributed by atoms with Crippen LogP contribution in [0.5, 0.6) is 0 Å². The summed E-state index contributed by atoms with van der Waals surface area (Å²) in [4.78, 5) is 17.8. The first-order valence-corrected chi connectivity index (χ1v) is 9.24. The molecule has 4 rings (SSSR count). The van der Waals surface area contributed by atoms with Crippen molar-refractivity contribution in [3.05, 3.63) is 36.2 Å². The van der Waals surface area contributed by atoms with Gasteiger partial charge in [0, 0.05) is 49.5 Å². The molecule has 0 bridgehead atoms. The van der Waals surface area contributed by atoms with Crippen LogP contribution in [0, 0.1) is 5.82 Å². The molecule has 0 unspecified atom stereocenters. The van der Waals surface area contributed by atoms with E-state index in [4.69, 9.17) is 0 Å². The van der Waals surface area contributed by atoms with Crippen molar-refractivity contribution in [2.45, 2.75) is 19.8 Å². The van der Waals surface area contributed by atoms with E-state index < -0.39 is 0 Å². The Hall–Kier alpha value is -2.35. The summed E-state index contributed by atoms with van der Waals surface area (Å²) in [5.41, 5.74) is 0.768. The topological polar surface area (TPSA) is 58.0 Å². The maximum atomic E-state index is 13.7. The van der Waals surface area contributed by atoms with E-state index in [0.29, 0.717) is 0 Å². The fourth-order valence-corrected chi connectivity index (χ4v) is 3.91. The fourth-order valence-electron chi connectivity index (χ4n) is 3.10. The first kappa shape index (κ1) is 16.1. The van der Waals surface area contributed by atoms with Crippen LogP contribution in [-0.4, -0.2) is 45.5 Å². The number of hydrogen-bond acceptors (Lipinski definition) is 7. The highest BCUT2D eigenvalue weighted by Crippen LogP contribution is 2.26. The van der Waals surface area contributed by atoms with Crippen molar-refractivity contribution in [1.29, 1.82) is 0 Å². The summed E-state index contributed by atoms with van der Waals surface area (Å²) in [7, 11) is 0. The van der Waals surface area contributed by atoms with E-state index >= 15 is 0 Å². The van der Waals surface area contributed by atoms with Gasteiger partial charge in [-0.2, -0.15) is 4.37 Å². The van der Waals surface area contributed by atoms with E-state index in [2.05, 4.69) is 36.0 Å². The number of nitrogens with zero attached hydrogens (tertiary/aromatic N) is 6. The van der Waals surface area contributed by atoms with Crippen molar-refractivity contribution >= 4 is 33.4 Å². The SMILES string of the molecule is CCc1nsc(N2CCCN(c3ncnc4ccc(F)cc34)CC2)n1. The van der Waals surface area contributed by atoms with Gasteiger partial charge in [-0.1, -0.05) is 6.92 Å². The zero-order valence-corrected chi connectivity index (χ0v) is 14.8. The number of aryl methyl sites for hydroxylation is 1. The Morgan fingerprint density at radius 3 is 2.80 bits per heavy atom. The molecule has 1 aromatic carbocycles. The maximum absolute atomic E-state index is 13.7. The number of rotatable bonds is 3. The maximum Gasteiger partial charge on any atom is 0.205 e. The first-order chi connectivity index (χ1) is 12.2. The van der Waals surface area contributed by atoms with Gasteiger partial charge in [0.15, 0.2) is 0 Å². The lowest BCUT2D eigenvalue weighted by atomic mass is 10.2.